The summed E-state index contributed by atoms with van der Waals surface area (Å²) in [7, 11) is 0. The number of benzene rings is 5. The Bertz CT molecular complexity index is 1320. The van der Waals surface area contributed by atoms with Crippen LogP contribution in [0.15, 0.2) is 78.9 Å². The zero-order valence-corrected chi connectivity index (χ0v) is 13.3. The molecule has 0 heterocycles. The predicted molar refractivity (Wildman–Crippen MR) is 103 cm³/mol. The Balaban J connectivity index is 2.23. The summed E-state index contributed by atoms with van der Waals surface area (Å²) in [4.78, 5) is 11.8. The van der Waals surface area contributed by atoms with E-state index in [0.717, 1.165) is 37.7 Å². The molecular formula is C22H13NO2. The van der Waals surface area contributed by atoms with Crippen LogP contribution < -0.4 is 0 Å². The topological polar surface area (TPSA) is 43.1 Å². The van der Waals surface area contributed by atoms with Crippen molar-refractivity contribution in [1.82, 2.24) is 0 Å². The number of fused-ring (bicyclic) bond motifs is 7. The zero-order chi connectivity index (χ0) is 17.0. The van der Waals surface area contributed by atoms with Crippen LogP contribution in [0.5, 0.6) is 0 Å². The summed E-state index contributed by atoms with van der Waals surface area (Å²) in [5, 5.41) is 19.4. The molecule has 3 nitrogen and oxygen atoms in total. The highest BCUT2D eigenvalue weighted by molar-refractivity contribution is 6.30. The summed E-state index contributed by atoms with van der Waals surface area (Å²) in [6.45, 7) is 0. The van der Waals surface area contributed by atoms with Gasteiger partial charge in [0.15, 0.2) is 0 Å². The summed E-state index contributed by atoms with van der Waals surface area (Å²) < 4.78 is 0. The smallest absolute Gasteiger partial charge is 0.258 e. The van der Waals surface area contributed by atoms with E-state index < -0.39 is 0 Å². The van der Waals surface area contributed by atoms with E-state index in [2.05, 4.69) is 12.1 Å². The molecule has 118 valence electrons. The molecule has 0 unspecified atom stereocenters. The second kappa shape index (κ2) is 5.02. The molecule has 0 aliphatic heterocycles. The van der Waals surface area contributed by atoms with Crippen molar-refractivity contribution in [1.29, 1.82) is 0 Å². The van der Waals surface area contributed by atoms with Crippen molar-refractivity contribution >= 4 is 48.8 Å². The third-order valence-corrected chi connectivity index (χ3v) is 4.91. The maximum atomic E-state index is 12.0. The highest BCUT2D eigenvalue weighted by atomic mass is 16.6. The maximum Gasteiger partial charge on any atom is 0.285 e. The highest BCUT2D eigenvalue weighted by Crippen LogP contribution is 2.43. The monoisotopic (exact) mass is 323 g/mol. The second-order valence-corrected chi connectivity index (χ2v) is 6.22. The Kier molecular flexibility index (Phi) is 2.80. The van der Waals surface area contributed by atoms with Crippen LogP contribution in [-0.2, 0) is 0 Å². The van der Waals surface area contributed by atoms with E-state index in [0.29, 0.717) is 5.39 Å². The van der Waals surface area contributed by atoms with Gasteiger partial charge in [-0.15, -0.1) is 0 Å². The fraction of sp³-hybridized carbons (Fsp3) is 0. The number of non-ortho nitro benzene ring substituents is 1. The molecule has 0 spiro atoms. The van der Waals surface area contributed by atoms with Crippen molar-refractivity contribution in [3.63, 3.8) is 0 Å². The molecule has 0 atom stereocenters. The summed E-state index contributed by atoms with van der Waals surface area (Å²) in [5.41, 5.74) is 0.190. The lowest BCUT2D eigenvalue weighted by molar-refractivity contribution is -0.381. The Labute approximate surface area is 143 Å². The van der Waals surface area contributed by atoms with E-state index >= 15 is 0 Å². The lowest BCUT2D eigenvalue weighted by atomic mass is 9.91. The fourth-order valence-corrected chi connectivity index (χ4v) is 3.89. The minimum absolute atomic E-state index is 0.190. The summed E-state index contributed by atoms with van der Waals surface area (Å²) in [6, 6.07) is 25.7. The lowest BCUT2D eigenvalue weighted by Crippen LogP contribution is -1.94. The van der Waals surface area contributed by atoms with Crippen molar-refractivity contribution in [2.45, 2.75) is 0 Å². The number of hydrogen-bond donors (Lipinski definition) is 0. The first-order chi connectivity index (χ1) is 12.3. The fourth-order valence-electron chi connectivity index (χ4n) is 3.89. The first kappa shape index (κ1) is 13.9. The molecule has 0 aromatic heterocycles. The molecule has 3 heteroatoms. The molecule has 0 N–H and O–H groups in total. The summed E-state index contributed by atoms with van der Waals surface area (Å²) in [5.74, 6) is 0. The van der Waals surface area contributed by atoms with E-state index in [4.69, 9.17) is 0 Å². The average molecular weight is 323 g/mol. The van der Waals surface area contributed by atoms with Crippen LogP contribution in [0, 0.1) is 10.1 Å². The van der Waals surface area contributed by atoms with Gasteiger partial charge in [-0.3, -0.25) is 10.1 Å². The largest absolute Gasteiger partial charge is 0.285 e. The molecule has 25 heavy (non-hydrogen) atoms. The molecule has 0 aliphatic rings. The SMILES string of the molecule is O=[N+]([O-])c1c2ccccc2cc2c3ccccc3c3ccccc3c12. The van der Waals surface area contributed by atoms with Gasteiger partial charge in [0.2, 0.25) is 0 Å². The molecule has 0 radical (unpaired) electrons. The van der Waals surface area contributed by atoms with E-state index in [-0.39, 0.29) is 10.6 Å². The number of nitro benzene ring substituents is 1. The second-order valence-electron chi connectivity index (χ2n) is 6.22. The van der Waals surface area contributed by atoms with E-state index in [1.54, 1.807) is 0 Å². The Morgan fingerprint density at radius 1 is 0.600 bits per heavy atom. The number of nitro groups is 1. The molecule has 0 fully saturated rings. The molecule has 0 aliphatic carbocycles. The van der Waals surface area contributed by atoms with Gasteiger partial charge in [0.1, 0.15) is 0 Å². The van der Waals surface area contributed by atoms with Crippen LogP contribution in [0.3, 0.4) is 0 Å². The van der Waals surface area contributed by atoms with E-state index in [1.807, 2.05) is 66.7 Å². The van der Waals surface area contributed by atoms with Crippen LogP contribution in [0.2, 0.25) is 0 Å². The van der Waals surface area contributed by atoms with Gasteiger partial charge in [0, 0.05) is 0 Å². The van der Waals surface area contributed by atoms with Gasteiger partial charge < -0.3 is 0 Å². The van der Waals surface area contributed by atoms with Crippen LogP contribution in [0.1, 0.15) is 0 Å². The van der Waals surface area contributed by atoms with Crippen molar-refractivity contribution in [2.24, 2.45) is 0 Å². The zero-order valence-electron chi connectivity index (χ0n) is 13.3. The van der Waals surface area contributed by atoms with Gasteiger partial charge >= 0.3 is 0 Å². The molecule has 5 aromatic carbocycles. The summed E-state index contributed by atoms with van der Waals surface area (Å²) in [6.07, 6.45) is 0. The van der Waals surface area contributed by atoms with Gasteiger partial charge in [-0.25, -0.2) is 0 Å². The first-order valence-electron chi connectivity index (χ1n) is 8.15. The first-order valence-corrected chi connectivity index (χ1v) is 8.15. The Hall–Kier alpha value is -3.46. The van der Waals surface area contributed by atoms with E-state index in [1.165, 1.54) is 0 Å². The normalized spacial score (nSPS) is 11.5. The highest BCUT2D eigenvalue weighted by Gasteiger charge is 2.21. The summed E-state index contributed by atoms with van der Waals surface area (Å²) >= 11 is 0. The quantitative estimate of drug-likeness (QED) is 0.159. The van der Waals surface area contributed by atoms with Crippen LogP contribution in [0.4, 0.5) is 5.69 Å². The van der Waals surface area contributed by atoms with Crippen LogP contribution in [0.25, 0.3) is 43.1 Å². The van der Waals surface area contributed by atoms with E-state index in [9.17, 15) is 10.1 Å². The Morgan fingerprint density at radius 2 is 1.08 bits per heavy atom. The average Bonchev–Trinajstić information content (AvgIpc) is 2.66. The van der Waals surface area contributed by atoms with Crippen molar-refractivity contribution in [3.05, 3.63) is 89.0 Å². The van der Waals surface area contributed by atoms with Gasteiger partial charge in [-0.2, -0.15) is 0 Å². The van der Waals surface area contributed by atoms with Crippen LogP contribution in [-0.4, -0.2) is 4.92 Å². The van der Waals surface area contributed by atoms with Gasteiger partial charge in [-0.05, 0) is 44.5 Å². The molecule has 0 amide bonds. The Morgan fingerprint density at radius 3 is 1.72 bits per heavy atom. The number of hydrogen-bond acceptors (Lipinski definition) is 2. The minimum Gasteiger partial charge on any atom is -0.258 e. The third-order valence-electron chi connectivity index (χ3n) is 4.91. The van der Waals surface area contributed by atoms with Crippen molar-refractivity contribution < 1.29 is 4.92 Å². The maximum absolute atomic E-state index is 12.0. The standard InChI is InChI=1S/C22H13NO2/c24-23(25)22-15-8-2-1-7-14(15)13-20-18-11-4-3-9-16(18)17-10-5-6-12-19(17)21(20)22/h1-13H. The van der Waals surface area contributed by atoms with Crippen molar-refractivity contribution in [2.75, 3.05) is 0 Å². The molecule has 0 saturated carbocycles. The third kappa shape index (κ3) is 1.86. The molecule has 0 saturated heterocycles. The molecule has 5 rings (SSSR count). The van der Waals surface area contributed by atoms with Gasteiger partial charge in [0.05, 0.1) is 15.7 Å². The van der Waals surface area contributed by atoms with Gasteiger partial charge in [0.25, 0.3) is 5.69 Å². The minimum atomic E-state index is -0.244. The predicted octanol–water partition coefficient (Wildman–Crippen LogP) is 6.21. The number of rotatable bonds is 1. The number of nitrogens with zero attached hydrogens (tertiary/aromatic N) is 1. The van der Waals surface area contributed by atoms with Gasteiger partial charge in [-0.1, -0.05) is 66.7 Å². The molecule has 0 bridgehead atoms. The lowest BCUT2D eigenvalue weighted by Gasteiger charge is -2.12. The van der Waals surface area contributed by atoms with Crippen LogP contribution >= 0.6 is 0 Å². The molecule has 5 aromatic rings. The van der Waals surface area contributed by atoms with Crippen molar-refractivity contribution in [3.8, 4) is 0 Å². The molecular weight excluding hydrogens is 310 g/mol.